The number of alkyl halides is 1. The van der Waals surface area contributed by atoms with Gasteiger partial charge in [-0.05, 0) is 19.1 Å². The Morgan fingerprint density at radius 2 is 2.31 bits per heavy atom. The van der Waals surface area contributed by atoms with Gasteiger partial charge in [0.15, 0.2) is 0 Å². The summed E-state index contributed by atoms with van der Waals surface area (Å²) in [6.45, 7) is 0.899. The van der Waals surface area contributed by atoms with Crippen LogP contribution in [0.15, 0.2) is 4.42 Å². The molecule has 1 fully saturated rings. The molecule has 0 spiro atoms. The van der Waals surface area contributed by atoms with Crippen LogP contribution >= 0.6 is 23.4 Å². The summed E-state index contributed by atoms with van der Waals surface area (Å²) >= 11 is 7.52. The van der Waals surface area contributed by atoms with Gasteiger partial charge in [0.2, 0.25) is 5.89 Å². The fourth-order valence-corrected chi connectivity index (χ4v) is 2.84. The van der Waals surface area contributed by atoms with Gasteiger partial charge in [0.05, 0.1) is 0 Å². The highest BCUT2D eigenvalue weighted by atomic mass is 35.5. The summed E-state index contributed by atoms with van der Waals surface area (Å²) in [6, 6.07) is 0.514. The number of hydrogen-bond acceptors (Lipinski definition) is 5. The van der Waals surface area contributed by atoms with Crippen molar-refractivity contribution in [3.8, 4) is 0 Å². The minimum absolute atomic E-state index is 0.376. The molecule has 0 radical (unpaired) electrons. The van der Waals surface area contributed by atoms with Crippen molar-refractivity contribution in [1.29, 1.82) is 0 Å². The number of thioether (sulfide) groups is 1. The third-order valence-corrected chi connectivity index (χ3v) is 4.64. The highest BCUT2D eigenvalue weighted by Gasteiger charge is 2.36. The molecule has 0 aliphatic heterocycles. The second kappa shape index (κ2) is 5.27. The van der Waals surface area contributed by atoms with Crippen molar-refractivity contribution in [3.05, 3.63) is 5.89 Å². The molecule has 0 amide bonds. The molecule has 1 aliphatic carbocycles. The number of nitrogens with zero attached hydrogens (tertiary/aromatic N) is 2. The van der Waals surface area contributed by atoms with Gasteiger partial charge >= 0.3 is 6.01 Å². The van der Waals surface area contributed by atoms with E-state index in [9.17, 15) is 0 Å². The summed E-state index contributed by atoms with van der Waals surface area (Å²) in [6.07, 6.45) is 6.65. The van der Waals surface area contributed by atoms with E-state index in [2.05, 4.69) is 21.8 Å². The number of aromatic nitrogens is 2. The molecule has 90 valence electrons. The van der Waals surface area contributed by atoms with E-state index in [0.717, 1.165) is 6.54 Å². The molecule has 2 rings (SSSR count). The first-order valence-electron chi connectivity index (χ1n) is 5.45. The van der Waals surface area contributed by atoms with Crippen molar-refractivity contribution in [1.82, 2.24) is 10.2 Å². The zero-order valence-corrected chi connectivity index (χ0v) is 10.9. The lowest BCUT2D eigenvalue weighted by molar-refractivity contribution is 0.376. The van der Waals surface area contributed by atoms with Crippen LogP contribution in [-0.2, 0) is 6.42 Å². The average Bonchev–Trinajstić information content (AvgIpc) is 2.66. The summed E-state index contributed by atoms with van der Waals surface area (Å²) in [5.41, 5.74) is 0. The summed E-state index contributed by atoms with van der Waals surface area (Å²) in [4.78, 5) is 0. The molecule has 0 bridgehead atoms. The van der Waals surface area contributed by atoms with Crippen molar-refractivity contribution in [2.24, 2.45) is 0 Å². The quantitative estimate of drug-likeness (QED) is 0.798. The Balaban J connectivity index is 1.84. The van der Waals surface area contributed by atoms with Crippen LogP contribution in [0.4, 0.5) is 6.01 Å². The molecule has 0 atom stereocenters. The molecule has 4 nitrogen and oxygen atoms in total. The Hall–Kier alpha value is -0.420. The van der Waals surface area contributed by atoms with Crippen LogP contribution in [-0.4, -0.2) is 33.6 Å². The van der Waals surface area contributed by atoms with E-state index >= 15 is 0 Å². The van der Waals surface area contributed by atoms with Gasteiger partial charge in [-0.2, -0.15) is 11.8 Å². The topological polar surface area (TPSA) is 51.0 Å². The van der Waals surface area contributed by atoms with Gasteiger partial charge in [-0.3, -0.25) is 0 Å². The van der Waals surface area contributed by atoms with Gasteiger partial charge in [0, 0.05) is 23.6 Å². The zero-order chi connectivity index (χ0) is 11.4. The Morgan fingerprint density at radius 3 is 2.88 bits per heavy atom. The minimum atomic E-state index is 0.376. The van der Waals surface area contributed by atoms with Crippen molar-refractivity contribution in [2.45, 2.75) is 30.4 Å². The molecule has 1 heterocycles. The maximum atomic E-state index is 5.60. The third-order valence-electron chi connectivity index (χ3n) is 3.03. The van der Waals surface area contributed by atoms with E-state index in [-0.39, 0.29) is 0 Å². The second-order valence-electron chi connectivity index (χ2n) is 4.03. The molecule has 16 heavy (non-hydrogen) atoms. The fourth-order valence-electron chi connectivity index (χ4n) is 1.77. The summed E-state index contributed by atoms with van der Waals surface area (Å²) in [5, 5.41) is 11.1. The molecule has 1 N–H and O–H groups in total. The highest BCUT2D eigenvalue weighted by Crippen LogP contribution is 2.42. The Kier molecular flexibility index (Phi) is 3.97. The maximum Gasteiger partial charge on any atom is 0.315 e. The number of hydrogen-bond donors (Lipinski definition) is 1. The van der Waals surface area contributed by atoms with E-state index < -0.39 is 0 Å². The van der Waals surface area contributed by atoms with Gasteiger partial charge in [0.25, 0.3) is 0 Å². The molecule has 1 aromatic heterocycles. The van der Waals surface area contributed by atoms with E-state index in [4.69, 9.17) is 16.0 Å². The molecule has 1 aromatic rings. The van der Waals surface area contributed by atoms with E-state index in [1.54, 1.807) is 0 Å². The molecule has 0 unspecified atom stereocenters. The lowest BCUT2D eigenvalue weighted by Gasteiger charge is -2.40. The van der Waals surface area contributed by atoms with E-state index in [1.807, 2.05) is 11.8 Å². The average molecular weight is 262 g/mol. The summed E-state index contributed by atoms with van der Waals surface area (Å²) in [5.74, 6) is 1.11. The maximum absolute atomic E-state index is 5.60. The molecule has 1 aliphatic rings. The Bertz CT molecular complexity index is 335. The van der Waals surface area contributed by atoms with Gasteiger partial charge in [-0.25, -0.2) is 0 Å². The monoisotopic (exact) mass is 261 g/mol. The summed E-state index contributed by atoms with van der Waals surface area (Å²) in [7, 11) is 0. The predicted octanol–water partition coefficient (Wildman–Crippen LogP) is 2.55. The third kappa shape index (κ3) is 2.63. The predicted molar refractivity (Wildman–Crippen MR) is 67.3 cm³/mol. The van der Waals surface area contributed by atoms with Crippen molar-refractivity contribution >= 4 is 29.4 Å². The number of halogens is 1. The zero-order valence-electron chi connectivity index (χ0n) is 9.33. The van der Waals surface area contributed by atoms with Crippen molar-refractivity contribution < 1.29 is 4.42 Å². The minimum Gasteiger partial charge on any atom is -0.408 e. The second-order valence-corrected chi connectivity index (χ2v) is 5.69. The van der Waals surface area contributed by atoms with Crippen LogP contribution < -0.4 is 5.32 Å². The molecular weight excluding hydrogens is 246 g/mol. The number of rotatable bonds is 6. The lowest BCUT2D eigenvalue weighted by Crippen LogP contribution is -2.40. The number of anilines is 1. The number of aryl methyl sites for hydroxylation is 1. The molecule has 0 aromatic carbocycles. The van der Waals surface area contributed by atoms with Crippen LogP contribution in [0.1, 0.15) is 25.2 Å². The normalized spacial score (nSPS) is 18.1. The fraction of sp³-hybridized carbons (Fsp3) is 0.800. The Labute approximate surface area is 105 Å². The van der Waals surface area contributed by atoms with Crippen LogP contribution in [0.5, 0.6) is 0 Å². The first-order valence-corrected chi connectivity index (χ1v) is 7.21. The van der Waals surface area contributed by atoms with Crippen LogP contribution in [0.3, 0.4) is 0 Å². The van der Waals surface area contributed by atoms with Crippen LogP contribution in [0.25, 0.3) is 0 Å². The lowest BCUT2D eigenvalue weighted by atomic mass is 9.84. The molecule has 6 heteroatoms. The Morgan fingerprint density at radius 1 is 1.50 bits per heavy atom. The van der Waals surface area contributed by atoms with Crippen LogP contribution in [0, 0.1) is 0 Å². The number of nitrogens with one attached hydrogen (secondary N) is 1. The first kappa shape index (κ1) is 12.0. The van der Waals surface area contributed by atoms with Gasteiger partial charge in [-0.1, -0.05) is 11.5 Å². The van der Waals surface area contributed by atoms with Crippen molar-refractivity contribution in [3.63, 3.8) is 0 Å². The molecule has 0 saturated heterocycles. The van der Waals surface area contributed by atoms with Crippen LogP contribution in [0.2, 0.25) is 0 Å². The summed E-state index contributed by atoms with van der Waals surface area (Å²) < 4.78 is 5.78. The van der Waals surface area contributed by atoms with Gasteiger partial charge < -0.3 is 9.73 Å². The van der Waals surface area contributed by atoms with Crippen molar-refractivity contribution in [2.75, 3.05) is 24.0 Å². The smallest absolute Gasteiger partial charge is 0.315 e. The largest absolute Gasteiger partial charge is 0.408 e. The highest BCUT2D eigenvalue weighted by molar-refractivity contribution is 8.00. The SMILES string of the molecule is CSC1(CNc2nnc(CCCl)o2)CCC1. The first-order chi connectivity index (χ1) is 7.78. The molecular formula is C10H16ClN3OS. The van der Waals surface area contributed by atoms with Gasteiger partial charge in [-0.15, -0.1) is 16.7 Å². The van der Waals surface area contributed by atoms with E-state index in [0.29, 0.717) is 29.0 Å². The van der Waals surface area contributed by atoms with E-state index in [1.165, 1.54) is 19.3 Å². The standard InChI is InChI=1S/C10H16ClN3OS/c1-16-10(4-2-5-10)7-12-9-14-13-8(15-9)3-6-11/h2-7H2,1H3,(H,12,14). The van der Waals surface area contributed by atoms with Gasteiger partial charge in [0.1, 0.15) is 0 Å². The molecule has 1 saturated carbocycles.